The van der Waals surface area contributed by atoms with Crippen LogP contribution in [0.5, 0.6) is 5.75 Å². The number of nitrogen functional groups attached to an aromatic ring is 1. The Morgan fingerprint density at radius 1 is 1.35 bits per heavy atom. The number of hydrogen-bond acceptors (Lipinski definition) is 6. The first-order chi connectivity index (χ1) is 9.71. The van der Waals surface area contributed by atoms with Gasteiger partial charge >= 0.3 is 5.97 Å². The number of carbonyl (C=O) groups excluding carboxylic acids is 1. The fraction of sp³-hybridized carbons (Fsp3) is 0.286. The Kier molecular flexibility index (Phi) is 4.37. The van der Waals surface area contributed by atoms with E-state index in [0.717, 1.165) is 5.52 Å². The topological polar surface area (TPSA) is 86.5 Å². The number of anilines is 1. The molecule has 0 aliphatic heterocycles. The number of hydrogen-bond donors (Lipinski definition) is 2. The number of nitrogens with zero attached hydrogens (tertiary/aromatic N) is 1. The Balaban J connectivity index is 2.58. The second kappa shape index (κ2) is 6.21. The molecule has 0 aliphatic carbocycles. The number of aromatic nitrogens is 1. The van der Waals surface area contributed by atoms with Gasteiger partial charge in [-0.15, -0.1) is 0 Å². The number of carbonyl (C=O) groups is 1. The molecule has 3 N–H and O–H groups in total. The summed E-state index contributed by atoms with van der Waals surface area (Å²) < 4.78 is 10.4. The van der Waals surface area contributed by atoms with Gasteiger partial charge in [0.25, 0.3) is 0 Å². The van der Waals surface area contributed by atoms with Gasteiger partial charge in [-0.05, 0) is 32.0 Å². The van der Waals surface area contributed by atoms with Crippen molar-refractivity contribution in [3.8, 4) is 5.75 Å². The second-order valence-electron chi connectivity index (χ2n) is 4.02. The minimum absolute atomic E-state index is 0.292. The Labute approximate surface area is 116 Å². The lowest BCUT2D eigenvalue weighted by atomic mass is 10.1. The largest absolute Gasteiger partial charge is 0.494 e. The first kappa shape index (κ1) is 14.1. The summed E-state index contributed by atoms with van der Waals surface area (Å²) in [7, 11) is 0. The lowest BCUT2D eigenvalue weighted by Gasteiger charge is -2.12. The highest BCUT2D eigenvalue weighted by atomic mass is 16.5. The van der Waals surface area contributed by atoms with E-state index in [1.807, 2.05) is 19.1 Å². The zero-order chi connectivity index (χ0) is 14.5. The minimum Gasteiger partial charge on any atom is -0.494 e. The van der Waals surface area contributed by atoms with E-state index in [0.29, 0.717) is 35.6 Å². The number of esters is 1. The highest BCUT2D eigenvalue weighted by Gasteiger charge is 2.16. The second-order valence-corrected chi connectivity index (χ2v) is 4.02. The van der Waals surface area contributed by atoms with E-state index < -0.39 is 5.97 Å². The average molecular weight is 275 g/mol. The summed E-state index contributed by atoms with van der Waals surface area (Å²) in [5.41, 5.74) is 4.05. The Morgan fingerprint density at radius 3 is 2.80 bits per heavy atom. The van der Waals surface area contributed by atoms with Crippen LogP contribution in [0.4, 0.5) is 5.69 Å². The third-order valence-corrected chi connectivity index (χ3v) is 2.79. The van der Waals surface area contributed by atoms with Gasteiger partial charge in [0.05, 0.1) is 24.4 Å². The van der Waals surface area contributed by atoms with E-state index in [9.17, 15) is 4.79 Å². The van der Waals surface area contributed by atoms with E-state index in [-0.39, 0.29) is 0 Å². The Hall–Kier alpha value is -2.34. The van der Waals surface area contributed by atoms with Crippen molar-refractivity contribution in [2.24, 2.45) is 5.84 Å². The van der Waals surface area contributed by atoms with Gasteiger partial charge < -0.3 is 14.9 Å². The molecule has 1 aromatic heterocycles. The van der Waals surface area contributed by atoms with Crippen LogP contribution < -0.4 is 16.0 Å². The molecular weight excluding hydrogens is 258 g/mol. The maximum Gasteiger partial charge on any atom is 0.341 e. The molecule has 1 aromatic carbocycles. The molecule has 0 atom stereocenters. The lowest BCUT2D eigenvalue weighted by Crippen LogP contribution is -2.15. The van der Waals surface area contributed by atoms with Crippen LogP contribution in [0.15, 0.2) is 24.4 Å². The maximum atomic E-state index is 11.9. The highest BCUT2D eigenvalue weighted by Crippen LogP contribution is 2.29. The fourth-order valence-electron chi connectivity index (χ4n) is 1.95. The molecule has 0 fully saturated rings. The average Bonchev–Trinajstić information content (AvgIpc) is 2.46. The molecule has 20 heavy (non-hydrogen) atoms. The van der Waals surface area contributed by atoms with Crippen molar-refractivity contribution in [2.45, 2.75) is 13.8 Å². The quantitative estimate of drug-likeness (QED) is 0.493. The van der Waals surface area contributed by atoms with Crippen molar-refractivity contribution in [1.29, 1.82) is 0 Å². The van der Waals surface area contributed by atoms with Crippen LogP contribution in [-0.2, 0) is 4.74 Å². The van der Waals surface area contributed by atoms with E-state index in [1.165, 1.54) is 6.20 Å². The van der Waals surface area contributed by atoms with E-state index in [4.69, 9.17) is 15.3 Å². The van der Waals surface area contributed by atoms with Gasteiger partial charge in [0.2, 0.25) is 0 Å². The van der Waals surface area contributed by atoms with Crippen LogP contribution in [0.25, 0.3) is 10.9 Å². The Morgan fingerprint density at radius 2 is 2.15 bits per heavy atom. The van der Waals surface area contributed by atoms with Crippen molar-refractivity contribution in [2.75, 3.05) is 18.6 Å². The molecule has 6 heteroatoms. The van der Waals surface area contributed by atoms with Crippen molar-refractivity contribution < 1.29 is 14.3 Å². The molecule has 0 amide bonds. The van der Waals surface area contributed by atoms with Crippen LogP contribution in [0.3, 0.4) is 0 Å². The smallest absolute Gasteiger partial charge is 0.341 e. The van der Waals surface area contributed by atoms with Crippen LogP contribution in [0.2, 0.25) is 0 Å². The third-order valence-electron chi connectivity index (χ3n) is 2.79. The predicted molar refractivity (Wildman–Crippen MR) is 76.7 cm³/mol. The number of benzene rings is 1. The standard InChI is InChI=1S/C14H17N3O3/c1-3-19-9-5-6-12-10(7-9)13(17-15)11(8-16-12)14(18)20-4-2/h5-8H,3-4,15H2,1-2H3,(H,16,17). The summed E-state index contributed by atoms with van der Waals surface area (Å²) in [6.45, 7) is 4.50. The molecule has 6 nitrogen and oxygen atoms in total. The fourth-order valence-corrected chi connectivity index (χ4v) is 1.95. The first-order valence-electron chi connectivity index (χ1n) is 6.40. The molecule has 0 radical (unpaired) electrons. The number of rotatable bonds is 5. The lowest BCUT2D eigenvalue weighted by molar-refractivity contribution is 0.0527. The van der Waals surface area contributed by atoms with Crippen LogP contribution >= 0.6 is 0 Å². The number of pyridine rings is 1. The molecule has 2 rings (SSSR count). The number of fused-ring (bicyclic) bond motifs is 1. The van der Waals surface area contributed by atoms with Gasteiger partial charge in [-0.1, -0.05) is 0 Å². The molecule has 0 saturated heterocycles. The van der Waals surface area contributed by atoms with Crippen molar-refractivity contribution >= 4 is 22.6 Å². The molecule has 106 valence electrons. The summed E-state index contributed by atoms with van der Waals surface area (Å²) in [5.74, 6) is 5.78. The van der Waals surface area contributed by atoms with Gasteiger partial charge in [0, 0.05) is 11.6 Å². The normalized spacial score (nSPS) is 10.3. The molecule has 0 spiro atoms. The number of nitrogens with one attached hydrogen (secondary N) is 1. The van der Waals surface area contributed by atoms with E-state index in [1.54, 1.807) is 13.0 Å². The van der Waals surface area contributed by atoms with Gasteiger partial charge in [-0.2, -0.15) is 0 Å². The van der Waals surface area contributed by atoms with Crippen molar-refractivity contribution in [3.05, 3.63) is 30.0 Å². The van der Waals surface area contributed by atoms with Crippen molar-refractivity contribution in [1.82, 2.24) is 4.98 Å². The molecule has 0 bridgehead atoms. The summed E-state index contributed by atoms with van der Waals surface area (Å²) in [5, 5.41) is 0.712. The molecular formula is C14H17N3O3. The molecule has 0 unspecified atom stereocenters. The molecule has 2 aromatic rings. The maximum absolute atomic E-state index is 11.9. The monoisotopic (exact) mass is 275 g/mol. The molecule has 1 heterocycles. The van der Waals surface area contributed by atoms with Crippen LogP contribution in [0.1, 0.15) is 24.2 Å². The number of hydrazine groups is 1. The van der Waals surface area contributed by atoms with Gasteiger partial charge in [0.15, 0.2) is 0 Å². The summed E-state index contributed by atoms with van der Waals surface area (Å²) in [4.78, 5) is 16.1. The SMILES string of the molecule is CCOC(=O)c1cnc2ccc(OCC)cc2c1NN. The van der Waals surface area contributed by atoms with Gasteiger partial charge in [-0.3, -0.25) is 10.8 Å². The van der Waals surface area contributed by atoms with Gasteiger partial charge in [0.1, 0.15) is 11.3 Å². The van der Waals surface area contributed by atoms with Gasteiger partial charge in [-0.25, -0.2) is 4.79 Å². The van der Waals surface area contributed by atoms with Crippen molar-refractivity contribution in [3.63, 3.8) is 0 Å². The summed E-state index contributed by atoms with van der Waals surface area (Å²) in [6, 6.07) is 5.43. The molecule has 0 aliphatic rings. The number of ether oxygens (including phenoxy) is 2. The van der Waals surface area contributed by atoms with E-state index in [2.05, 4.69) is 10.4 Å². The Bertz CT molecular complexity index is 628. The van der Waals surface area contributed by atoms with Crippen LogP contribution in [0, 0.1) is 0 Å². The first-order valence-corrected chi connectivity index (χ1v) is 6.40. The zero-order valence-electron chi connectivity index (χ0n) is 11.5. The summed E-state index contributed by atoms with van der Waals surface area (Å²) in [6.07, 6.45) is 1.45. The minimum atomic E-state index is -0.461. The number of nitrogens with two attached hydrogens (primary N) is 1. The molecule has 0 saturated carbocycles. The van der Waals surface area contributed by atoms with Crippen LogP contribution in [-0.4, -0.2) is 24.2 Å². The zero-order valence-corrected chi connectivity index (χ0v) is 11.5. The third kappa shape index (κ3) is 2.65. The van der Waals surface area contributed by atoms with E-state index >= 15 is 0 Å². The predicted octanol–water partition coefficient (Wildman–Crippen LogP) is 2.10. The summed E-state index contributed by atoms with van der Waals surface area (Å²) >= 11 is 0. The highest BCUT2D eigenvalue weighted by molar-refractivity contribution is 6.05.